The van der Waals surface area contributed by atoms with Crippen molar-refractivity contribution in [1.82, 2.24) is 29.3 Å². The Balaban J connectivity index is 1.47. The van der Waals surface area contributed by atoms with Gasteiger partial charge in [-0.1, -0.05) is 12.1 Å². The molecule has 0 unspecified atom stereocenters. The summed E-state index contributed by atoms with van der Waals surface area (Å²) < 4.78 is 43.0. The van der Waals surface area contributed by atoms with E-state index in [4.69, 9.17) is 0 Å². The molecule has 1 aromatic carbocycles. The van der Waals surface area contributed by atoms with E-state index in [1.54, 1.807) is 24.4 Å². The second-order valence-electron chi connectivity index (χ2n) is 7.50. The number of hydrogen-bond donors (Lipinski definition) is 1. The number of amides is 1. The Morgan fingerprint density at radius 1 is 1.06 bits per heavy atom. The van der Waals surface area contributed by atoms with Crippen LogP contribution in [0.2, 0.25) is 0 Å². The van der Waals surface area contributed by atoms with Crippen molar-refractivity contribution in [3.05, 3.63) is 92.4 Å². The lowest BCUT2D eigenvalue weighted by molar-refractivity contribution is -0.137. The van der Waals surface area contributed by atoms with Gasteiger partial charge in [-0.2, -0.15) is 18.3 Å². The van der Waals surface area contributed by atoms with Crippen LogP contribution in [0.15, 0.2) is 64.3 Å². The third kappa shape index (κ3) is 4.60. The van der Waals surface area contributed by atoms with Crippen LogP contribution in [0.4, 0.5) is 13.2 Å². The van der Waals surface area contributed by atoms with Crippen LogP contribution in [-0.2, 0) is 12.7 Å². The largest absolute Gasteiger partial charge is 0.416 e. The summed E-state index contributed by atoms with van der Waals surface area (Å²) in [6, 6.07) is 10.7. The Bertz CT molecular complexity index is 1490. The van der Waals surface area contributed by atoms with E-state index >= 15 is 0 Å². The van der Waals surface area contributed by atoms with Crippen molar-refractivity contribution >= 4 is 11.6 Å². The zero-order chi connectivity index (χ0) is 24.5. The molecule has 0 bridgehead atoms. The number of alkyl halides is 3. The molecule has 1 N–H and O–H groups in total. The van der Waals surface area contributed by atoms with E-state index in [0.29, 0.717) is 12.1 Å². The quantitative estimate of drug-likeness (QED) is 0.434. The Hall–Kier alpha value is -4.22. The Morgan fingerprint density at radius 3 is 2.59 bits per heavy atom. The number of nitrogens with one attached hydrogen (secondary N) is 1. The van der Waals surface area contributed by atoms with E-state index in [2.05, 4.69) is 15.5 Å². The number of pyridine rings is 1. The number of benzene rings is 1. The smallest absolute Gasteiger partial charge is 0.350 e. The number of rotatable bonds is 6. The molecule has 3 heterocycles. The molecule has 0 aliphatic carbocycles. The van der Waals surface area contributed by atoms with Crippen molar-refractivity contribution in [2.24, 2.45) is 0 Å². The molecule has 3 aromatic heterocycles. The van der Waals surface area contributed by atoms with E-state index in [1.807, 2.05) is 0 Å². The summed E-state index contributed by atoms with van der Waals surface area (Å²) in [4.78, 5) is 37.1. The van der Waals surface area contributed by atoms with Gasteiger partial charge in [0.2, 0.25) is 5.43 Å². The molecular formula is C22H19F3N6O3. The third-order valence-corrected chi connectivity index (χ3v) is 5.06. The maximum absolute atomic E-state index is 13.1. The maximum atomic E-state index is 13.1. The van der Waals surface area contributed by atoms with Gasteiger partial charge in [-0.15, -0.1) is 5.10 Å². The Morgan fingerprint density at radius 2 is 1.85 bits per heavy atom. The molecule has 4 aromatic rings. The molecule has 1 amide bonds. The van der Waals surface area contributed by atoms with E-state index in [1.165, 1.54) is 28.1 Å². The van der Waals surface area contributed by atoms with Crippen LogP contribution in [-0.4, -0.2) is 36.4 Å². The zero-order valence-electron chi connectivity index (χ0n) is 17.9. The molecule has 34 heavy (non-hydrogen) atoms. The summed E-state index contributed by atoms with van der Waals surface area (Å²) in [5.41, 5.74) is -1.47. The monoisotopic (exact) mass is 472 g/mol. The van der Waals surface area contributed by atoms with Crippen molar-refractivity contribution in [3.8, 4) is 5.69 Å². The number of fused-ring (bicyclic) bond motifs is 1. The lowest BCUT2D eigenvalue weighted by atomic mass is 10.2. The number of aromatic nitrogens is 5. The standard InChI is InChI=1S/C22H19F3N6O3/c1-14-12-17(32)19(28-31(14)16-7-4-6-15(13-16)22(23,24)25)20(33)26-9-5-11-30-21(34)29-10-3-2-8-18(29)27-30/h2-4,6-8,10,12-13H,5,9,11H2,1H3,(H,26,33). The van der Waals surface area contributed by atoms with Gasteiger partial charge in [0, 0.05) is 31.0 Å². The fraction of sp³-hybridized carbons (Fsp3) is 0.227. The molecular weight excluding hydrogens is 453 g/mol. The summed E-state index contributed by atoms with van der Waals surface area (Å²) >= 11 is 0. The Kier molecular flexibility index (Phi) is 6.05. The predicted molar refractivity (Wildman–Crippen MR) is 116 cm³/mol. The molecule has 0 atom stereocenters. The van der Waals surface area contributed by atoms with Gasteiger partial charge >= 0.3 is 11.9 Å². The highest BCUT2D eigenvalue weighted by atomic mass is 19.4. The van der Waals surface area contributed by atoms with Gasteiger partial charge < -0.3 is 5.32 Å². The first-order valence-electron chi connectivity index (χ1n) is 10.3. The fourth-order valence-electron chi connectivity index (χ4n) is 3.41. The number of nitrogens with zero attached hydrogens (tertiary/aromatic N) is 5. The van der Waals surface area contributed by atoms with E-state index in [0.717, 1.165) is 22.9 Å². The van der Waals surface area contributed by atoms with Gasteiger partial charge in [-0.3, -0.25) is 14.0 Å². The molecule has 4 rings (SSSR count). The number of aryl methyl sites for hydroxylation is 2. The molecule has 0 saturated carbocycles. The van der Waals surface area contributed by atoms with Crippen molar-refractivity contribution in [1.29, 1.82) is 0 Å². The molecule has 9 nitrogen and oxygen atoms in total. The maximum Gasteiger partial charge on any atom is 0.416 e. The topological polar surface area (TPSA) is 103 Å². The van der Waals surface area contributed by atoms with E-state index < -0.39 is 28.8 Å². The third-order valence-electron chi connectivity index (χ3n) is 5.06. The van der Waals surface area contributed by atoms with Crippen LogP contribution in [0.3, 0.4) is 0 Å². The number of hydrogen-bond acceptors (Lipinski definition) is 5. The first kappa shape index (κ1) is 23.0. The van der Waals surface area contributed by atoms with Crippen molar-refractivity contribution < 1.29 is 18.0 Å². The first-order chi connectivity index (χ1) is 16.1. The molecule has 0 spiro atoms. The van der Waals surface area contributed by atoms with Crippen LogP contribution in [0, 0.1) is 6.92 Å². The second kappa shape index (κ2) is 8.96. The summed E-state index contributed by atoms with van der Waals surface area (Å²) in [6.07, 6.45) is -2.60. The highest BCUT2D eigenvalue weighted by Gasteiger charge is 2.30. The van der Waals surface area contributed by atoms with Crippen LogP contribution in [0.1, 0.15) is 28.2 Å². The molecule has 12 heteroatoms. The molecule has 0 fully saturated rings. The summed E-state index contributed by atoms with van der Waals surface area (Å²) in [6.45, 7) is 1.86. The van der Waals surface area contributed by atoms with Crippen molar-refractivity contribution in [3.63, 3.8) is 0 Å². The van der Waals surface area contributed by atoms with Crippen molar-refractivity contribution in [2.45, 2.75) is 26.1 Å². The molecule has 0 radical (unpaired) electrons. The van der Waals surface area contributed by atoms with Gasteiger partial charge in [-0.25, -0.2) is 14.2 Å². The summed E-state index contributed by atoms with van der Waals surface area (Å²) in [5, 5.41) is 10.7. The lowest BCUT2D eigenvalue weighted by Crippen LogP contribution is -2.33. The van der Waals surface area contributed by atoms with Gasteiger partial charge in [0.1, 0.15) is 0 Å². The second-order valence-corrected chi connectivity index (χ2v) is 7.50. The van der Waals surface area contributed by atoms with Crippen LogP contribution in [0.5, 0.6) is 0 Å². The van der Waals surface area contributed by atoms with Gasteiger partial charge in [0.15, 0.2) is 11.3 Å². The minimum atomic E-state index is -4.55. The van der Waals surface area contributed by atoms with Crippen LogP contribution >= 0.6 is 0 Å². The molecule has 0 aliphatic heterocycles. The van der Waals surface area contributed by atoms with Crippen LogP contribution in [0.25, 0.3) is 11.3 Å². The Labute approximate surface area is 190 Å². The summed E-state index contributed by atoms with van der Waals surface area (Å²) in [5.74, 6) is -0.770. The number of carbonyl (C=O) groups excluding carboxylic acids is 1. The van der Waals surface area contributed by atoms with Gasteiger partial charge in [-0.05, 0) is 43.7 Å². The predicted octanol–water partition coefficient (Wildman–Crippen LogP) is 2.19. The number of carbonyl (C=O) groups is 1. The van der Waals surface area contributed by atoms with E-state index in [9.17, 15) is 27.6 Å². The summed E-state index contributed by atoms with van der Waals surface area (Å²) in [7, 11) is 0. The van der Waals surface area contributed by atoms with E-state index in [-0.39, 0.29) is 30.2 Å². The molecule has 0 aliphatic rings. The highest BCUT2D eigenvalue weighted by Crippen LogP contribution is 2.30. The van der Waals surface area contributed by atoms with Crippen molar-refractivity contribution in [2.75, 3.05) is 6.54 Å². The normalized spacial score (nSPS) is 11.6. The SMILES string of the molecule is Cc1cc(=O)c(C(=O)NCCCn2nc3ccccn3c2=O)nn1-c1cccc(C(F)(F)F)c1. The molecule has 176 valence electrons. The first-order valence-corrected chi connectivity index (χ1v) is 10.3. The number of halogens is 3. The fourth-order valence-corrected chi connectivity index (χ4v) is 3.41. The minimum absolute atomic E-state index is 0.0626. The average Bonchev–Trinajstić information content (AvgIpc) is 3.12. The highest BCUT2D eigenvalue weighted by molar-refractivity contribution is 5.92. The molecule has 0 saturated heterocycles. The van der Waals surface area contributed by atoms with Gasteiger partial charge in [0.25, 0.3) is 5.91 Å². The minimum Gasteiger partial charge on any atom is -0.350 e. The lowest BCUT2D eigenvalue weighted by Gasteiger charge is -2.13. The van der Waals surface area contributed by atoms with Gasteiger partial charge in [0.05, 0.1) is 11.3 Å². The zero-order valence-corrected chi connectivity index (χ0v) is 17.9. The van der Waals surface area contributed by atoms with Crippen LogP contribution < -0.4 is 16.4 Å². The average molecular weight is 472 g/mol.